The SMILES string of the molecule is [2H]C([2H])([2H])N1CC[C@]23c4c5ccc(O)c4O[C@H]2CCC[C@H]3[C@H]1C5. The van der Waals surface area contributed by atoms with Crippen LogP contribution in [0.25, 0.3) is 0 Å². The summed E-state index contributed by atoms with van der Waals surface area (Å²) < 4.78 is 30.0. The molecule has 20 heavy (non-hydrogen) atoms. The molecular weight excluding hydrogens is 250 g/mol. The van der Waals surface area contributed by atoms with E-state index in [1.54, 1.807) is 11.0 Å². The number of ether oxygens (including phenoxy) is 1. The first-order valence-corrected chi connectivity index (χ1v) is 7.71. The van der Waals surface area contributed by atoms with Crippen LogP contribution in [0, 0.1) is 5.92 Å². The first kappa shape index (κ1) is 8.93. The van der Waals surface area contributed by atoms with E-state index < -0.39 is 6.98 Å². The molecule has 1 aromatic carbocycles. The number of benzene rings is 1. The quantitative estimate of drug-likeness (QED) is 0.789. The van der Waals surface area contributed by atoms with Crippen molar-refractivity contribution in [3.8, 4) is 11.5 Å². The molecule has 106 valence electrons. The Morgan fingerprint density at radius 3 is 3.30 bits per heavy atom. The minimum absolute atomic E-state index is 0.0608. The van der Waals surface area contributed by atoms with Crippen molar-refractivity contribution in [3.05, 3.63) is 23.3 Å². The summed E-state index contributed by atoms with van der Waals surface area (Å²) in [5.41, 5.74) is 2.30. The van der Waals surface area contributed by atoms with E-state index >= 15 is 0 Å². The van der Waals surface area contributed by atoms with Crippen molar-refractivity contribution >= 4 is 0 Å². The third-order valence-electron chi connectivity index (χ3n) is 6.23. The van der Waals surface area contributed by atoms with E-state index in [4.69, 9.17) is 8.85 Å². The summed E-state index contributed by atoms with van der Waals surface area (Å²) in [7, 11) is 0. The van der Waals surface area contributed by atoms with Crippen LogP contribution < -0.4 is 4.74 Å². The van der Waals surface area contributed by atoms with Gasteiger partial charge in [0.15, 0.2) is 11.5 Å². The zero-order valence-electron chi connectivity index (χ0n) is 14.4. The highest BCUT2D eigenvalue weighted by molar-refractivity contribution is 5.60. The van der Waals surface area contributed by atoms with Crippen molar-refractivity contribution in [1.29, 1.82) is 0 Å². The Bertz CT molecular complexity index is 689. The smallest absolute Gasteiger partial charge is 0.165 e. The Morgan fingerprint density at radius 2 is 2.40 bits per heavy atom. The Morgan fingerprint density at radius 1 is 1.45 bits per heavy atom. The molecule has 5 rings (SSSR count). The number of phenolic OH excluding ortho intramolecular Hbond substituents is 1. The van der Waals surface area contributed by atoms with Gasteiger partial charge in [0.25, 0.3) is 0 Å². The van der Waals surface area contributed by atoms with E-state index in [0.29, 0.717) is 18.2 Å². The van der Waals surface area contributed by atoms with Crippen LogP contribution in [0.1, 0.15) is 40.9 Å². The number of aromatic hydroxyl groups is 1. The predicted molar refractivity (Wildman–Crippen MR) is 76.3 cm³/mol. The van der Waals surface area contributed by atoms with Crippen molar-refractivity contribution in [3.63, 3.8) is 0 Å². The van der Waals surface area contributed by atoms with Crippen molar-refractivity contribution in [2.75, 3.05) is 13.5 Å². The lowest BCUT2D eigenvalue weighted by molar-refractivity contribution is -0.0426. The Kier molecular flexibility index (Phi) is 1.57. The molecule has 2 fully saturated rings. The lowest BCUT2D eigenvalue weighted by Crippen LogP contribution is -2.63. The molecule has 3 nitrogen and oxygen atoms in total. The zero-order valence-corrected chi connectivity index (χ0v) is 11.4. The van der Waals surface area contributed by atoms with Crippen LogP contribution in [0.5, 0.6) is 11.5 Å². The van der Waals surface area contributed by atoms with Gasteiger partial charge in [-0.25, -0.2) is 0 Å². The van der Waals surface area contributed by atoms with Gasteiger partial charge in [-0.15, -0.1) is 0 Å². The van der Waals surface area contributed by atoms with E-state index in [1.165, 1.54) is 11.1 Å². The molecule has 0 radical (unpaired) electrons. The summed E-state index contributed by atoms with van der Waals surface area (Å²) in [4.78, 5) is 1.75. The third kappa shape index (κ3) is 1.09. The predicted octanol–water partition coefficient (Wildman–Crippen LogP) is 2.45. The summed E-state index contributed by atoms with van der Waals surface area (Å²) in [6.45, 7) is -1.44. The maximum atomic E-state index is 10.3. The topological polar surface area (TPSA) is 32.7 Å². The normalized spacial score (nSPS) is 44.0. The van der Waals surface area contributed by atoms with Crippen molar-refractivity contribution in [2.24, 2.45) is 5.92 Å². The first-order valence-electron chi connectivity index (χ1n) is 9.21. The average molecular weight is 274 g/mol. The number of phenols is 1. The number of nitrogens with zero attached hydrogens (tertiary/aromatic N) is 1. The molecule has 2 aliphatic heterocycles. The third-order valence-corrected chi connectivity index (χ3v) is 6.23. The second-order valence-corrected chi connectivity index (χ2v) is 6.85. The molecule has 2 bridgehead atoms. The molecule has 0 unspecified atom stereocenters. The van der Waals surface area contributed by atoms with E-state index in [-0.39, 0.29) is 23.3 Å². The van der Waals surface area contributed by atoms with Crippen LogP contribution >= 0.6 is 0 Å². The van der Waals surface area contributed by atoms with Gasteiger partial charge >= 0.3 is 0 Å². The highest BCUT2D eigenvalue weighted by atomic mass is 16.5. The number of likely N-dealkylation sites (tertiary alicyclic amines) is 1. The molecule has 0 aromatic heterocycles. The largest absolute Gasteiger partial charge is 0.504 e. The summed E-state index contributed by atoms with van der Waals surface area (Å²) in [5.74, 6) is 1.24. The standard InChI is InChI=1S/C17H21NO2/c1-18-8-7-17-11-3-2-4-14(17)20-16-13(19)6-5-10(15(16)17)9-12(11)18/h5-6,11-12,14,19H,2-4,7-9H2,1H3/t11-,12+,14-,17+/m0/s1/i1D3. The van der Waals surface area contributed by atoms with Gasteiger partial charge < -0.3 is 14.7 Å². The van der Waals surface area contributed by atoms with Gasteiger partial charge in [-0.1, -0.05) is 6.07 Å². The molecule has 4 atom stereocenters. The van der Waals surface area contributed by atoms with Crippen molar-refractivity contribution in [2.45, 2.75) is 49.7 Å². The Labute approximate surface area is 123 Å². The minimum atomic E-state index is -2.03. The molecule has 1 aromatic rings. The van der Waals surface area contributed by atoms with Gasteiger partial charge in [0.05, 0.1) is 0 Å². The minimum Gasteiger partial charge on any atom is -0.504 e. The number of likely N-dealkylation sites (N-methyl/N-ethyl adjacent to an activating group) is 1. The molecule has 2 aliphatic carbocycles. The van der Waals surface area contributed by atoms with E-state index in [2.05, 4.69) is 0 Å². The summed E-state index contributed by atoms with van der Waals surface area (Å²) >= 11 is 0. The van der Waals surface area contributed by atoms with Crippen molar-refractivity contribution in [1.82, 2.24) is 4.90 Å². The molecule has 3 heteroatoms. The van der Waals surface area contributed by atoms with Crippen LogP contribution in [0.4, 0.5) is 0 Å². The fourth-order valence-electron chi connectivity index (χ4n) is 5.52. The molecule has 2 heterocycles. The second-order valence-electron chi connectivity index (χ2n) is 6.85. The van der Waals surface area contributed by atoms with Gasteiger partial charge in [0.2, 0.25) is 0 Å². The van der Waals surface area contributed by atoms with Gasteiger partial charge in [-0.3, -0.25) is 0 Å². The molecule has 4 aliphatic rings. The fraction of sp³-hybridized carbons (Fsp3) is 0.647. The zero-order chi connectivity index (χ0) is 16.0. The lowest BCUT2D eigenvalue weighted by atomic mass is 9.52. The van der Waals surface area contributed by atoms with Crippen LogP contribution in [0.2, 0.25) is 0 Å². The Balaban J connectivity index is 1.73. The molecule has 0 amide bonds. The van der Waals surface area contributed by atoms with Gasteiger partial charge in [0, 0.05) is 21.1 Å². The van der Waals surface area contributed by atoms with Crippen molar-refractivity contribution < 1.29 is 14.0 Å². The molecule has 1 saturated carbocycles. The van der Waals surface area contributed by atoms with Crippen LogP contribution in [-0.4, -0.2) is 35.7 Å². The van der Waals surface area contributed by atoms with E-state index in [9.17, 15) is 5.11 Å². The van der Waals surface area contributed by atoms with Gasteiger partial charge in [0.1, 0.15) is 6.10 Å². The highest BCUT2D eigenvalue weighted by Gasteiger charge is 2.62. The maximum absolute atomic E-state index is 10.3. The molecule has 1 spiro atoms. The van der Waals surface area contributed by atoms with E-state index in [0.717, 1.165) is 32.1 Å². The maximum Gasteiger partial charge on any atom is 0.165 e. The number of hydrogen-bond donors (Lipinski definition) is 1. The first-order chi connectivity index (χ1) is 10.9. The Hall–Kier alpha value is -1.22. The summed E-state index contributed by atoms with van der Waals surface area (Å²) in [6.07, 6.45) is 4.82. The average Bonchev–Trinajstić information content (AvgIpc) is 2.82. The lowest BCUT2D eigenvalue weighted by Gasteiger charge is -2.57. The highest BCUT2D eigenvalue weighted by Crippen LogP contribution is 2.63. The number of rotatable bonds is 0. The number of piperidine rings is 1. The van der Waals surface area contributed by atoms with E-state index in [1.807, 2.05) is 6.07 Å². The second kappa shape index (κ2) is 3.51. The van der Waals surface area contributed by atoms with Crippen LogP contribution in [0.3, 0.4) is 0 Å². The van der Waals surface area contributed by atoms with Crippen LogP contribution in [-0.2, 0) is 11.8 Å². The molecule has 1 saturated heterocycles. The van der Waals surface area contributed by atoms with Gasteiger partial charge in [-0.2, -0.15) is 0 Å². The summed E-state index contributed by atoms with van der Waals surface area (Å²) in [6, 6.07) is 3.74. The molecular formula is C17H21NO2. The number of hydrogen-bond acceptors (Lipinski definition) is 3. The van der Waals surface area contributed by atoms with Gasteiger partial charge in [-0.05, 0) is 63.2 Å². The monoisotopic (exact) mass is 274 g/mol. The van der Waals surface area contributed by atoms with Crippen LogP contribution in [0.15, 0.2) is 12.1 Å². The summed E-state index contributed by atoms with van der Waals surface area (Å²) in [5, 5.41) is 10.3. The fourth-order valence-corrected chi connectivity index (χ4v) is 5.52. The molecule has 1 N–H and O–H groups in total.